The number of halogens is 1. The maximum atomic E-state index is 11.7. The van der Waals surface area contributed by atoms with Crippen LogP contribution in [0.3, 0.4) is 0 Å². The average Bonchev–Trinajstić information content (AvgIpc) is 2.63. The summed E-state index contributed by atoms with van der Waals surface area (Å²) in [7, 11) is 0. The molecule has 1 rings (SSSR count). The molecule has 6 heteroatoms. The summed E-state index contributed by atoms with van der Waals surface area (Å²) in [6.07, 6.45) is 4.98. The summed E-state index contributed by atoms with van der Waals surface area (Å²) in [5.41, 5.74) is 0. The van der Waals surface area contributed by atoms with Crippen LogP contribution in [-0.4, -0.2) is 23.0 Å². The monoisotopic (exact) mass is 301 g/mol. The van der Waals surface area contributed by atoms with Crippen molar-refractivity contribution in [3.05, 3.63) is 20.8 Å². The summed E-state index contributed by atoms with van der Waals surface area (Å²) in [6.45, 7) is 0. The Balaban J connectivity index is 2.74. The number of carbonyl (C=O) groups excluding carboxylic acids is 1. The Morgan fingerprint density at radius 3 is 2.81 bits per heavy atom. The number of hydrogen-bond acceptors (Lipinski definition) is 3. The molecule has 4 nitrogen and oxygen atoms in total. The van der Waals surface area contributed by atoms with Gasteiger partial charge < -0.3 is 10.4 Å². The highest BCUT2D eigenvalue weighted by Gasteiger charge is 2.21. The molecule has 1 unspecified atom stereocenters. The predicted molar refractivity (Wildman–Crippen MR) is 64.4 cm³/mol. The molecule has 0 aliphatic rings. The molecule has 0 aromatic carbocycles. The van der Waals surface area contributed by atoms with Gasteiger partial charge in [0, 0.05) is 10.9 Å². The molecular weight excluding hydrogens is 294 g/mol. The fourth-order valence-corrected chi connectivity index (χ4v) is 2.45. The molecule has 1 heterocycles. The first kappa shape index (κ1) is 12.7. The van der Waals surface area contributed by atoms with E-state index in [-0.39, 0.29) is 6.42 Å². The lowest BCUT2D eigenvalue weighted by atomic mass is 10.2. The zero-order valence-electron chi connectivity index (χ0n) is 8.07. The van der Waals surface area contributed by atoms with Crippen LogP contribution < -0.4 is 5.32 Å². The van der Waals surface area contributed by atoms with Crippen molar-refractivity contribution >= 4 is 39.1 Å². The maximum absolute atomic E-state index is 11.7. The van der Waals surface area contributed by atoms with Crippen molar-refractivity contribution in [1.29, 1.82) is 0 Å². The van der Waals surface area contributed by atoms with Gasteiger partial charge in [-0.1, -0.05) is 0 Å². The van der Waals surface area contributed by atoms with Crippen LogP contribution in [0.25, 0.3) is 0 Å². The zero-order chi connectivity index (χ0) is 12.1. The van der Waals surface area contributed by atoms with Gasteiger partial charge in [-0.25, -0.2) is 4.79 Å². The molecular formula is C10H8BrNO3S. The minimum absolute atomic E-state index is 0.0376. The van der Waals surface area contributed by atoms with Crippen molar-refractivity contribution in [2.45, 2.75) is 12.5 Å². The van der Waals surface area contributed by atoms with E-state index in [0.717, 1.165) is 0 Å². The van der Waals surface area contributed by atoms with E-state index in [1.54, 1.807) is 11.4 Å². The Labute approximate surface area is 105 Å². The third kappa shape index (κ3) is 3.08. The van der Waals surface area contributed by atoms with E-state index < -0.39 is 17.9 Å². The van der Waals surface area contributed by atoms with Crippen LogP contribution in [0.2, 0.25) is 0 Å². The van der Waals surface area contributed by atoms with Gasteiger partial charge in [0.05, 0.1) is 0 Å². The number of aliphatic carboxylic acids is 1. The number of hydrogen-bond donors (Lipinski definition) is 2. The summed E-state index contributed by atoms with van der Waals surface area (Å²) in [5.74, 6) is 0.630. The van der Waals surface area contributed by atoms with Gasteiger partial charge in [0.1, 0.15) is 10.9 Å². The highest BCUT2D eigenvalue weighted by molar-refractivity contribution is 9.10. The van der Waals surface area contributed by atoms with Gasteiger partial charge in [0.15, 0.2) is 0 Å². The zero-order valence-corrected chi connectivity index (χ0v) is 10.5. The molecule has 0 saturated carbocycles. The van der Waals surface area contributed by atoms with Gasteiger partial charge in [-0.15, -0.1) is 23.7 Å². The van der Waals surface area contributed by atoms with E-state index in [9.17, 15) is 9.59 Å². The van der Waals surface area contributed by atoms with Gasteiger partial charge in [0.2, 0.25) is 0 Å². The Bertz CT molecular complexity index is 449. The van der Waals surface area contributed by atoms with Gasteiger partial charge in [-0.3, -0.25) is 4.79 Å². The van der Waals surface area contributed by atoms with Crippen LogP contribution in [-0.2, 0) is 4.79 Å². The van der Waals surface area contributed by atoms with Crippen LogP contribution in [0.4, 0.5) is 0 Å². The summed E-state index contributed by atoms with van der Waals surface area (Å²) < 4.78 is 0.639. The Morgan fingerprint density at radius 1 is 1.69 bits per heavy atom. The van der Waals surface area contributed by atoms with Crippen molar-refractivity contribution in [3.8, 4) is 12.3 Å². The van der Waals surface area contributed by atoms with E-state index in [1.165, 1.54) is 11.3 Å². The van der Waals surface area contributed by atoms with E-state index in [2.05, 4.69) is 27.2 Å². The minimum atomic E-state index is -1.14. The second kappa shape index (κ2) is 5.68. The van der Waals surface area contributed by atoms with E-state index >= 15 is 0 Å². The SMILES string of the molecule is C#CCC(NC(=O)c1sccc1Br)C(=O)O. The van der Waals surface area contributed by atoms with Crippen LogP contribution in [0.15, 0.2) is 15.9 Å². The third-order valence-electron chi connectivity index (χ3n) is 1.75. The summed E-state index contributed by atoms with van der Waals surface area (Å²) in [6, 6.07) is 0.669. The van der Waals surface area contributed by atoms with Gasteiger partial charge in [0.25, 0.3) is 5.91 Å². The molecule has 0 aliphatic heterocycles. The van der Waals surface area contributed by atoms with E-state index in [4.69, 9.17) is 11.5 Å². The van der Waals surface area contributed by atoms with Crippen LogP contribution in [0.5, 0.6) is 0 Å². The summed E-state index contributed by atoms with van der Waals surface area (Å²) >= 11 is 4.42. The van der Waals surface area contributed by atoms with Crippen molar-refractivity contribution < 1.29 is 14.7 Å². The number of carbonyl (C=O) groups is 2. The van der Waals surface area contributed by atoms with Gasteiger partial charge >= 0.3 is 5.97 Å². The molecule has 0 bridgehead atoms. The maximum Gasteiger partial charge on any atom is 0.327 e. The molecule has 0 saturated heterocycles. The number of rotatable bonds is 4. The molecule has 1 atom stereocenters. The molecule has 0 fully saturated rings. The van der Waals surface area contributed by atoms with Crippen molar-refractivity contribution in [2.75, 3.05) is 0 Å². The number of thiophene rings is 1. The van der Waals surface area contributed by atoms with Crippen LogP contribution >= 0.6 is 27.3 Å². The highest BCUT2D eigenvalue weighted by atomic mass is 79.9. The minimum Gasteiger partial charge on any atom is -0.480 e. The Hall–Kier alpha value is -1.32. The molecule has 0 aliphatic carbocycles. The highest BCUT2D eigenvalue weighted by Crippen LogP contribution is 2.22. The first-order valence-corrected chi connectivity index (χ1v) is 5.93. The lowest BCUT2D eigenvalue weighted by Crippen LogP contribution is -2.40. The van der Waals surface area contributed by atoms with Crippen LogP contribution in [0.1, 0.15) is 16.1 Å². The second-order valence-electron chi connectivity index (χ2n) is 2.87. The quantitative estimate of drug-likeness (QED) is 0.832. The number of nitrogens with one attached hydrogen (secondary N) is 1. The molecule has 1 amide bonds. The van der Waals surface area contributed by atoms with E-state index in [1.807, 2.05) is 0 Å². The van der Waals surface area contributed by atoms with Gasteiger partial charge in [-0.05, 0) is 27.4 Å². The molecule has 16 heavy (non-hydrogen) atoms. The Kier molecular flexibility index (Phi) is 4.52. The normalized spacial score (nSPS) is 11.5. The number of amides is 1. The van der Waals surface area contributed by atoms with E-state index in [0.29, 0.717) is 9.35 Å². The molecule has 2 N–H and O–H groups in total. The molecule has 1 aromatic rings. The molecule has 0 radical (unpaired) electrons. The average molecular weight is 302 g/mol. The first-order valence-electron chi connectivity index (χ1n) is 4.26. The predicted octanol–water partition coefficient (Wildman–Crippen LogP) is 1.72. The lowest BCUT2D eigenvalue weighted by Gasteiger charge is -2.10. The largest absolute Gasteiger partial charge is 0.480 e. The van der Waals surface area contributed by atoms with Crippen LogP contribution in [0, 0.1) is 12.3 Å². The molecule has 84 valence electrons. The van der Waals surface area contributed by atoms with Crippen molar-refractivity contribution in [3.63, 3.8) is 0 Å². The number of carboxylic acid groups (broad SMARTS) is 1. The fraction of sp³-hybridized carbons (Fsp3) is 0.200. The van der Waals surface area contributed by atoms with Gasteiger partial charge in [-0.2, -0.15) is 0 Å². The molecule has 1 aromatic heterocycles. The first-order chi connectivity index (χ1) is 7.56. The third-order valence-corrected chi connectivity index (χ3v) is 3.59. The summed E-state index contributed by atoms with van der Waals surface area (Å²) in [5, 5.41) is 12.9. The lowest BCUT2D eigenvalue weighted by molar-refractivity contribution is -0.139. The van der Waals surface area contributed by atoms with Crippen molar-refractivity contribution in [1.82, 2.24) is 5.32 Å². The molecule has 0 spiro atoms. The fourth-order valence-electron chi connectivity index (χ4n) is 0.997. The topological polar surface area (TPSA) is 66.4 Å². The number of terminal acetylenes is 1. The summed E-state index contributed by atoms with van der Waals surface area (Å²) in [4.78, 5) is 22.8. The van der Waals surface area contributed by atoms with Crippen molar-refractivity contribution in [2.24, 2.45) is 0 Å². The second-order valence-corrected chi connectivity index (χ2v) is 4.64. The Morgan fingerprint density at radius 2 is 2.38 bits per heavy atom. The smallest absolute Gasteiger partial charge is 0.327 e. The standard InChI is InChI=1S/C10H8BrNO3S/c1-2-3-7(10(14)15)12-9(13)8-6(11)4-5-16-8/h1,4-5,7H,3H2,(H,12,13)(H,14,15). The number of carboxylic acids is 1.